The molecule has 0 amide bonds. The highest BCUT2D eigenvalue weighted by Crippen LogP contribution is 2.35. The molecule has 0 spiro atoms. The second-order valence-electron chi connectivity index (χ2n) is 5.20. The minimum atomic E-state index is -4.41. The molecule has 0 fully saturated rings. The summed E-state index contributed by atoms with van der Waals surface area (Å²) in [6.07, 6.45) is -4.41. The third-order valence-electron chi connectivity index (χ3n) is 3.34. The number of ether oxygens (including phenoxy) is 1. The predicted octanol–water partition coefficient (Wildman–Crippen LogP) is 5.26. The maximum absolute atomic E-state index is 13.0. The van der Waals surface area contributed by atoms with Gasteiger partial charge >= 0.3 is 6.18 Å². The van der Waals surface area contributed by atoms with Crippen LogP contribution in [0.4, 0.5) is 13.2 Å². The molecule has 0 bridgehead atoms. The average Bonchev–Trinajstić information content (AvgIpc) is 2.57. The molecule has 0 saturated carbocycles. The van der Waals surface area contributed by atoms with Crippen LogP contribution in [-0.4, -0.2) is 10.2 Å². The van der Waals surface area contributed by atoms with Crippen molar-refractivity contribution in [2.75, 3.05) is 0 Å². The summed E-state index contributed by atoms with van der Waals surface area (Å²) in [5.41, 5.74) is 0.689. The Bertz CT molecular complexity index is 848. The first-order chi connectivity index (χ1) is 11.4. The summed E-state index contributed by atoms with van der Waals surface area (Å²) in [6.45, 7) is 1.72. The fraction of sp³-hybridized carbons (Fsp3) is 0.111. The van der Waals surface area contributed by atoms with Crippen molar-refractivity contribution in [2.24, 2.45) is 0 Å². The van der Waals surface area contributed by atoms with Gasteiger partial charge in [-0.05, 0) is 42.8 Å². The summed E-state index contributed by atoms with van der Waals surface area (Å²) in [5.74, 6) is 0.690. The van der Waals surface area contributed by atoms with Gasteiger partial charge in [0.15, 0.2) is 0 Å². The van der Waals surface area contributed by atoms with Gasteiger partial charge in [0.05, 0.1) is 11.3 Å². The van der Waals surface area contributed by atoms with Crippen LogP contribution in [0.25, 0.3) is 11.1 Å². The van der Waals surface area contributed by atoms with Crippen LogP contribution in [0.5, 0.6) is 11.6 Å². The Morgan fingerprint density at radius 3 is 2.33 bits per heavy atom. The first-order valence-electron chi connectivity index (χ1n) is 7.18. The number of benzene rings is 2. The molecule has 0 aliphatic carbocycles. The van der Waals surface area contributed by atoms with Gasteiger partial charge in [-0.3, -0.25) is 0 Å². The van der Waals surface area contributed by atoms with Gasteiger partial charge in [-0.1, -0.05) is 30.3 Å². The van der Waals surface area contributed by atoms with E-state index >= 15 is 0 Å². The summed E-state index contributed by atoms with van der Waals surface area (Å²) in [7, 11) is 0. The largest absolute Gasteiger partial charge is 0.437 e. The maximum atomic E-state index is 13.0. The summed E-state index contributed by atoms with van der Waals surface area (Å²) in [4.78, 5) is 0. The topological polar surface area (TPSA) is 35.0 Å². The van der Waals surface area contributed by atoms with Crippen LogP contribution in [-0.2, 0) is 6.18 Å². The van der Waals surface area contributed by atoms with Crippen molar-refractivity contribution in [3.63, 3.8) is 0 Å². The normalized spacial score (nSPS) is 11.3. The van der Waals surface area contributed by atoms with E-state index in [2.05, 4.69) is 10.2 Å². The van der Waals surface area contributed by atoms with E-state index in [9.17, 15) is 13.2 Å². The Balaban J connectivity index is 2.06. The number of aromatic nitrogens is 2. The average molecular weight is 330 g/mol. The summed E-state index contributed by atoms with van der Waals surface area (Å²) >= 11 is 0. The highest BCUT2D eigenvalue weighted by molar-refractivity contribution is 5.69. The number of hydrogen-bond acceptors (Lipinski definition) is 3. The monoisotopic (exact) mass is 330 g/mol. The van der Waals surface area contributed by atoms with Gasteiger partial charge in [0.2, 0.25) is 5.88 Å². The quantitative estimate of drug-likeness (QED) is 0.657. The zero-order chi connectivity index (χ0) is 17.2. The Hall–Kier alpha value is -2.89. The van der Waals surface area contributed by atoms with E-state index < -0.39 is 11.7 Å². The molecule has 0 aliphatic rings. The van der Waals surface area contributed by atoms with Crippen molar-refractivity contribution in [1.29, 1.82) is 0 Å². The zero-order valence-corrected chi connectivity index (χ0v) is 12.7. The number of nitrogens with zero attached hydrogens (tertiary/aromatic N) is 2. The fourth-order valence-electron chi connectivity index (χ4n) is 2.22. The number of rotatable bonds is 3. The van der Waals surface area contributed by atoms with E-state index in [4.69, 9.17) is 4.74 Å². The maximum Gasteiger partial charge on any atom is 0.416 e. The van der Waals surface area contributed by atoms with E-state index in [0.717, 1.165) is 12.1 Å². The van der Waals surface area contributed by atoms with Crippen molar-refractivity contribution in [3.05, 3.63) is 71.9 Å². The second-order valence-corrected chi connectivity index (χ2v) is 5.20. The molecule has 0 aliphatic heterocycles. The first kappa shape index (κ1) is 16.0. The minimum Gasteiger partial charge on any atom is -0.437 e. The molecule has 0 radical (unpaired) electrons. The summed E-state index contributed by atoms with van der Waals surface area (Å²) < 4.78 is 44.5. The summed E-state index contributed by atoms with van der Waals surface area (Å²) in [5, 5.41) is 7.92. The van der Waals surface area contributed by atoms with Gasteiger partial charge in [0, 0.05) is 5.56 Å². The van der Waals surface area contributed by atoms with E-state index in [1.54, 1.807) is 43.3 Å². The van der Waals surface area contributed by atoms with Crippen LogP contribution in [0.2, 0.25) is 0 Å². The lowest BCUT2D eigenvalue weighted by molar-refractivity contribution is -0.137. The van der Waals surface area contributed by atoms with Crippen molar-refractivity contribution < 1.29 is 17.9 Å². The Morgan fingerprint density at radius 2 is 1.62 bits per heavy atom. The van der Waals surface area contributed by atoms with Crippen molar-refractivity contribution in [3.8, 4) is 22.8 Å². The summed E-state index contributed by atoms with van der Waals surface area (Å²) in [6, 6.07) is 15.6. The molecule has 1 aromatic heterocycles. The van der Waals surface area contributed by atoms with Crippen LogP contribution in [0.1, 0.15) is 11.3 Å². The molecule has 6 heteroatoms. The van der Waals surface area contributed by atoms with E-state index in [1.165, 1.54) is 6.07 Å². The van der Waals surface area contributed by atoms with Crippen LogP contribution >= 0.6 is 0 Å². The van der Waals surface area contributed by atoms with Gasteiger partial charge in [-0.2, -0.15) is 18.3 Å². The molecule has 3 rings (SSSR count). The number of alkyl halides is 3. The third kappa shape index (κ3) is 3.53. The van der Waals surface area contributed by atoms with Crippen LogP contribution in [0.15, 0.2) is 60.7 Å². The van der Waals surface area contributed by atoms with Crippen LogP contribution in [0, 0.1) is 6.92 Å². The molecular weight excluding hydrogens is 317 g/mol. The molecule has 0 N–H and O–H groups in total. The lowest BCUT2D eigenvalue weighted by Crippen LogP contribution is -2.05. The predicted molar refractivity (Wildman–Crippen MR) is 83.7 cm³/mol. The van der Waals surface area contributed by atoms with Crippen molar-refractivity contribution in [2.45, 2.75) is 13.1 Å². The number of hydrogen-bond donors (Lipinski definition) is 0. The molecule has 0 unspecified atom stereocenters. The van der Waals surface area contributed by atoms with Crippen molar-refractivity contribution >= 4 is 0 Å². The van der Waals surface area contributed by atoms with Gasteiger partial charge in [-0.25, -0.2) is 0 Å². The van der Waals surface area contributed by atoms with E-state index in [-0.39, 0.29) is 5.88 Å². The molecule has 122 valence electrons. The highest BCUT2D eigenvalue weighted by Gasteiger charge is 2.30. The van der Waals surface area contributed by atoms with Gasteiger partial charge in [0.1, 0.15) is 5.75 Å². The lowest BCUT2D eigenvalue weighted by atomic mass is 10.0. The Labute approximate surface area is 136 Å². The lowest BCUT2D eigenvalue weighted by Gasteiger charge is -2.12. The van der Waals surface area contributed by atoms with Crippen molar-refractivity contribution in [1.82, 2.24) is 10.2 Å². The number of halogens is 3. The molecule has 0 atom stereocenters. The smallest absolute Gasteiger partial charge is 0.416 e. The Morgan fingerprint density at radius 1 is 0.875 bits per heavy atom. The minimum absolute atomic E-state index is 0.158. The number of aryl methyl sites for hydroxylation is 1. The van der Waals surface area contributed by atoms with Gasteiger partial charge < -0.3 is 4.74 Å². The molecular formula is C18H13F3N2O. The second kappa shape index (κ2) is 6.31. The van der Waals surface area contributed by atoms with E-state index in [0.29, 0.717) is 22.6 Å². The van der Waals surface area contributed by atoms with Crippen LogP contribution < -0.4 is 4.74 Å². The van der Waals surface area contributed by atoms with Crippen LogP contribution in [0.3, 0.4) is 0 Å². The Kier molecular flexibility index (Phi) is 4.20. The zero-order valence-electron chi connectivity index (χ0n) is 12.7. The molecule has 24 heavy (non-hydrogen) atoms. The molecule has 2 aromatic carbocycles. The fourth-order valence-corrected chi connectivity index (χ4v) is 2.22. The number of para-hydroxylation sites is 1. The van der Waals surface area contributed by atoms with Gasteiger partial charge in [-0.15, -0.1) is 5.10 Å². The first-order valence-corrected chi connectivity index (χ1v) is 7.18. The van der Waals surface area contributed by atoms with E-state index in [1.807, 2.05) is 6.07 Å². The third-order valence-corrected chi connectivity index (χ3v) is 3.34. The highest BCUT2D eigenvalue weighted by atomic mass is 19.4. The van der Waals surface area contributed by atoms with Gasteiger partial charge in [0.25, 0.3) is 0 Å². The molecule has 3 aromatic rings. The molecule has 0 saturated heterocycles. The SMILES string of the molecule is Cc1cc(-c2cccc(C(F)(F)F)c2)c(Oc2ccccc2)nn1. The molecule has 1 heterocycles. The standard InChI is InChI=1S/C18H13F3N2O/c1-12-10-16(13-6-5-7-14(11-13)18(19,20)21)17(23-22-12)24-15-8-3-2-4-9-15/h2-11H,1H3. The molecule has 3 nitrogen and oxygen atoms in total.